The summed E-state index contributed by atoms with van der Waals surface area (Å²) in [5.41, 5.74) is 2.85. The Morgan fingerprint density at radius 3 is 2.27 bits per heavy atom. The summed E-state index contributed by atoms with van der Waals surface area (Å²) in [5.74, 6) is 0.756. The van der Waals surface area contributed by atoms with Gasteiger partial charge in [-0.05, 0) is 60.9 Å². The van der Waals surface area contributed by atoms with Crippen LogP contribution in [0.2, 0.25) is 0 Å². The Bertz CT molecular complexity index is 812. The van der Waals surface area contributed by atoms with Gasteiger partial charge >= 0.3 is 5.97 Å². The highest BCUT2D eigenvalue weighted by Crippen LogP contribution is 2.16. The maximum absolute atomic E-state index is 12.0. The highest BCUT2D eigenvalue weighted by atomic mass is 16.6. The maximum atomic E-state index is 12.0. The van der Waals surface area contributed by atoms with Gasteiger partial charge in [-0.1, -0.05) is 18.2 Å². The molecule has 0 aliphatic rings. The fourth-order valence-electron chi connectivity index (χ4n) is 2.39. The van der Waals surface area contributed by atoms with Crippen molar-refractivity contribution in [2.24, 2.45) is 0 Å². The monoisotopic (exact) mass is 351 g/mol. The molecule has 2 rings (SSSR count). The number of benzene rings is 2. The lowest BCUT2D eigenvalue weighted by molar-refractivity contribution is -0.139. The summed E-state index contributed by atoms with van der Waals surface area (Å²) in [4.78, 5) is 12.0. The molecule has 26 heavy (non-hydrogen) atoms. The number of methoxy groups -OCH3 is 1. The molecule has 0 saturated carbocycles. The maximum Gasteiger partial charge on any atom is 0.349 e. The van der Waals surface area contributed by atoms with Crippen molar-refractivity contribution in [1.82, 2.24) is 0 Å². The Morgan fingerprint density at radius 1 is 1.04 bits per heavy atom. The Balaban J connectivity index is 1.88. The third kappa shape index (κ3) is 5.67. The number of carbonyl (C=O) groups is 1. The lowest BCUT2D eigenvalue weighted by atomic mass is 10.1. The van der Waals surface area contributed by atoms with E-state index in [4.69, 9.17) is 14.2 Å². The molecule has 134 valence electrons. The normalized spacial score (nSPS) is 10.8. The molecule has 0 unspecified atom stereocenters. The minimum absolute atomic E-state index is 0.0630. The molecule has 2 aromatic rings. The first kappa shape index (κ1) is 19.1. The minimum atomic E-state index is -0.674. The molecule has 5 nitrogen and oxygen atoms in total. The summed E-state index contributed by atoms with van der Waals surface area (Å²) in [6.45, 7) is 4.26. The number of hydrogen-bond acceptors (Lipinski definition) is 5. The van der Waals surface area contributed by atoms with Crippen molar-refractivity contribution < 1.29 is 19.0 Å². The number of esters is 1. The fraction of sp³-hybridized carbons (Fsp3) is 0.238. The number of aryl methyl sites for hydroxylation is 2. The van der Waals surface area contributed by atoms with Crippen LogP contribution >= 0.6 is 0 Å². The Morgan fingerprint density at radius 2 is 1.69 bits per heavy atom. The van der Waals surface area contributed by atoms with Crippen molar-refractivity contribution in [3.8, 4) is 17.6 Å². The smallest absolute Gasteiger partial charge is 0.349 e. The largest absolute Gasteiger partial charge is 0.497 e. The van der Waals surface area contributed by atoms with Crippen LogP contribution in [0.15, 0.2) is 48.0 Å². The van der Waals surface area contributed by atoms with Crippen LogP contribution in [0, 0.1) is 25.2 Å². The van der Waals surface area contributed by atoms with Crippen LogP contribution in [0.25, 0.3) is 6.08 Å². The van der Waals surface area contributed by atoms with E-state index in [1.165, 1.54) is 6.08 Å². The SMILES string of the molecule is COc1ccc(/C=C(\C#N)C(=O)OCCOc2cc(C)cc(C)c2)cc1. The van der Waals surface area contributed by atoms with E-state index < -0.39 is 5.97 Å². The van der Waals surface area contributed by atoms with Gasteiger partial charge in [0.25, 0.3) is 0 Å². The first-order valence-electron chi connectivity index (χ1n) is 8.16. The van der Waals surface area contributed by atoms with E-state index in [0.717, 1.165) is 16.9 Å². The number of carbonyl (C=O) groups excluding carboxylic acids is 1. The average Bonchev–Trinajstić information content (AvgIpc) is 2.62. The van der Waals surface area contributed by atoms with Crippen molar-refractivity contribution >= 4 is 12.0 Å². The fourth-order valence-corrected chi connectivity index (χ4v) is 2.39. The molecule has 0 aliphatic carbocycles. The molecular weight excluding hydrogens is 330 g/mol. The molecule has 0 atom stereocenters. The van der Waals surface area contributed by atoms with Gasteiger partial charge in [0.15, 0.2) is 0 Å². The van der Waals surface area contributed by atoms with E-state index in [1.54, 1.807) is 31.4 Å². The van der Waals surface area contributed by atoms with Crippen LogP contribution in [-0.2, 0) is 9.53 Å². The second-order valence-electron chi connectivity index (χ2n) is 5.75. The van der Waals surface area contributed by atoms with E-state index in [0.29, 0.717) is 11.3 Å². The van der Waals surface area contributed by atoms with Crippen molar-refractivity contribution in [1.29, 1.82) is 5.26 Å². The molecule has 2 aromatic carbocycles. The van der Waals surface area contributed by atoms with E-state index in [9.17, 15) is 10.1 Å². The van der Waals surface area contributed by atoms with Gasteiger partial charge in [0.1, 0.15) is 36.4 Å². The van der Waals surface area contributed by atoms with Crippen molar-refractivity contribution in [3.05, 3.63) is 64.7 Å². The quantitative estimate of drug-likeness (QED) is 0.328. The molecule has 0 N–H and O–H groups in total. The van der Waals surface area contributed by atoms with Gasteiger partial charge in [0.05, 0.1) is 7.11 Å². The minimum Gasteiger partial charge on any atom is -0.497 e. The van der Waals surface area contributed by atoms with Crippen LogP contribution < -0.4 is 9.47 Å². The third-order valence-electron chi connectivity index (χ3n) is 3.55. The highest BCUT2D eigenvalue weighted by Gasteiger charge is 2.11. The van der Waals surface area contributed by atoms with Gasteiger partial charge in [0.2, 0.25) is 0 Å². The predicted octanol–water partition coefficient (Wildman–Crippen LogP) is 3.84. The number of nitriles is 1. The second kappa shape index (κ2) is 9.28. The molecule has 0 radical (unpaired) electrons. The molecular formula is C21H21NO4. The zero-order valence-corrected chi connectivity index (χ0v) is 15.1. The molecule has 0 aliphatic heterocycles. The molecule has 0 spiro atoms. The topological polar surface area (TPSA) is 68.5 Å². The number of rotatable bonds is 7. The van der Waals surface area contributed by atoms with Gasteiger partial charge in [-0.15, -0.1) is 0 Å². The average molecular weight is 351 g/mol. The molecule has 5 heteroatoms. The van der Waals surface area contributed by atoms with Crippen molar-refractivity contribution in [2.45, 2.75) is 13.8 Å². The number of nitrogens with zero attached hydrogens (tertiary/aromatic N) is 1. The number of hydrogen-bond donors (Lipinski definition) is 0. The Kier molecular flexibility index (Phi) is 6.81. The lowest BCUT2D eigenvalue weighted by Gasteiger charge is -2.09. The highest BCUT2D eigenvalue weighted by molar-refractivity contribution is 5.97. The van der Waals surface area contributed by atoms with E-state index in [1.807, 2.05) is 32.0 Å². The molecule has 0 amide bonds. The van der Waals surface area contributed by atoms with Gasteiger partial charge in [-0.2, -0.15) is 5.26 Å². The summed E-state index contributed by atoms with van der Waals surface area (Å²) >= 11 is 0. The summed E-state index contributed by atoms with van der Waals surface area (Å²) in [6, 6.07) is 14.8. The van der Waals surface area contributed by atoms with Crippen LogP contribution in [0.4, 0.5) is 0 Å². The van der Waals surface area contributed by atoms with Crippen LogP contribution in [0.5, 0.6) is 11.5 Å². The van der Waals surface area contributed by atoms with Crippen LogP contribution in [0.1, 0.15) is 16.7 Å². The number of ether oxygens (including phenoxy) is 3. The van der Waals surface area contributed by atoms with E-state index in [2.05, 4.69) is 6.07 Å². The first-order valence-corrected chi connectivity index (χ1v) is 8.16. The van der Waals surface area contributed by atoms with Crippen LogP contribution in [-0.4, -0.2) is 26.3 Å². The van der Waals surface area contributed by atoms with Crippen molar-refractivity contribution in [2.75, 3.05) is 20.3 Å². The molecule has 0 bridgehead atoms. The van der Waals surface area contributed by atoms with Gasteiger partial charge in [0, 0.05) is 0 Å². The summed E-state index contributed by atoms with van der Waals surface area (Å²) in [7, 11) is 1.57. The summed E-state index contributed by atoms with van der Waals surface area (Å²) < 4.78 is 15.8. The molecule has 0 heterocycles. The van der Waals surface area contributed by atoms with Crippen LogP contribution in [0.3, 0.4) is 0 Å². The Hall–Kier alpha value is -3.26. The van der Waals surface area contributed by atoms with E-state index >= 15 is 0 Å². The Labute approximate surface area is 153 Å². The third-order valence-corrected chi connectivity index (χ3v) is 3.55. The predicted molar refractivity (Wildman–Crippen MR) is 99.0 cm³/mol. The molecule has 0 saturated heterocycles. The summed E-state index contributed by atoms with van der Waals surface area (Å²) in [6.07, 6.45) is 1.48. The second-order valence-corrected chi connectivity index (χ2v) is 5.75. The van der Waals surface area contributed by atoms with Gasteiger partial charge in [-0.25, -0.2) is 4.79 Å². The molecule has 0 aromatic heterocycles. The standard InChI is InChI=1S/C21H21NO4/c1-15-10-16(2)12-20(11-15)25-8-9-26-21(23)18(14-22)13-17-4-6-19(24-3)7-5-17/h4-7,10-13H,8-9H2,1-3H3/b18-13+. The molecule has 0 fully saturated rings. The van der Waals surface area contributed by atoms with Crippen molar-refractivity contribution in [3.63, 3.8) is 0 Å². The first-order chi connectivity index (χ1) is 12.5. The zero-order chi connectivity index (χ0) is 18.9. The van der Waals surface area contributed by atoms with Gasteiger partial charge < -0.3 is 14.2 Å². The van der Waals surface area contributed by atoms with E-state index in [-0.39, 0.29) is 18.8 Å². The van der Waals surface area contributed by atoms with Gasteiger partial charge in [-0.3, -0.25) is 0 Å². The summed E-state index contributed by atoms with van der Waals surface area (Å²) in [5, 5.41) is 9.18. The zero-order valence-electron chi connectivity index (χ0n) is 15.1. The lowest BCUT2D eigenvalue weighted by Crippen LogP contribution is -2.13.